The molecular formula is C18H16Br2N4O. The van der Waals surface area contributed by atoms with Crippen LogP contribution in [-0.2, 0) is 11.2 Å². The Labute approximate surface area is 161 Å². The topological polar surface area (TPSA) is 69.8 Å². The molecule has 1 amide bonds. The Hall–Kier alpha value is -1.70. The number of nitrogens with zero attached hydrogens (tertiary/aromatic N) is 1. The first-order valence-electron chi connectivity index (χ1n) is 7.96. The van der Waals surface area contributed by atoms with Gasteiger partial charge in [0.2, 0.25) is 5.91 Å². The van der Waals surface area contributed by atoms with Crippen molar-refractivity contribution in [3.8, 4) is 0 Å². The van der Waals surface area contributed by atoms with Crippen LogP contribution < -0.4 is 10.6 Å². The van der Waals surface area contributed by atoms with Gasteiger partial charge in [-0.2, -0.15) is 0 Å². The quantitative estimate of drug-likeness (QED) is 0.545. The number of hydrogen-bond acceptors (Lipinski definition) is 3. The van der Waals surface area contributed by atoms with Crippen molar-refractivity contribution in [2.45, 2.75) is 18.5 Å². The van der Waals surface area contributed by atoms with Crippen LogP contribution in [0.4, 0.5) is 0 Å². The van der Waals surface area contributed by atoms with Gasteiger partial charge in [0.25, 0.3) is 0 Å². The summed E-state index contributed by atoms with van der Waals surface area (Å²) < 4.78 is 1.79. The predicted octanol–water partition coefficient (Wildman–Crippen LogP) is 3.44. The lowest BCUT2D eigenvalue weighted by atomic mass is 9.92. The molecule has 0 unspecified atom stereocenters. The number of hydrogen-bond donors (Lipinski definition) is 3. The Balaban J connectivity index is 1.90. The van der Waals surface area contributed by atoms with Crippen molar-refractivity contribution in [2.75, 3.05) is 7.05 Å². The van der Waals surface area contributed by atoms with Gasteiger partial charge in [0.15, 0.2) is 0 Å². The van der Waals surface area contributed by atoms with Crippen molar-refractivity contribution < 1.29 is 4.79 Å². The lowest BCUT2D eigenvalue weighted by Crippen LogP contribution is -2.49. The number of pyridine rings is 1. The Morgan fingerprint density at radius 1 is 1.32 bits per heavy atom. The molecule has 3 aromatic rings. The third-order valence-corrected chi connectivity index (χ3v) is 5.65. The highest BCUT2D eigenvalue weighted by molar-refractivity contribution is 9.11. The lowest BCUT2D eigenvalue weighted by molar-refractivity contribution is -0.122. The van der Waals surface area contributed by atoms with E-state index in [9.17, 15) is 4.79 Å². The zero-order chi connectivity index (χ0) is 17.6. The van der Waals surface area contributed by atoms with Crippen LogP contribution in [0.2, 0.25) is 0 Å². The van der Waals surface area contributed by atoms with Crippen LogP contribution in [0, 0.1) is 0 Å². The molecular weight excluding hydrogens is 448 g/mol. The van der Waals surface area contributed by atoms with Crippen molar-refractivity contribution in [3.63, 3.8) is 0 Å². The summed E-state index contributed by atoms with van der Waals surface area (Å²) in [6, 6.07) is 9.66. The van der Waals surface area contributed by atoms with E-state index in [0.717, 1.165) is 31.2 Å². The van der Waals surface area contributed by atoms with Gasteiger partial charge in [-0.15, -0.1) is 0 Å². The van der Waals surface area contributed by atoms with Crippen molar-refractivity contribution in [3.05, 3.63) is 62.4 Å². The molecule has 0 bridgehead atoms. The van der Waals surface area contributed by atoms with Crippen molar-refractivity contribution in [1.82, 2.24) is 20.6 Å². The zero-order valence-corrected chi connectivity index (χ0v) is 16.6. The molecule has 0 radical (unpaired) electrons. The highest BCUT2D eigenvalue weighted by atomic mass is 79.9. The fourth-order valence-electron chi connectivity index (χ4n) is 3.43. The minimum atomic E-state index is -0.306. The van der Waals surface area contributed by atoms with Crippen LogP contribution in [0.25, 0.3) is 10.9 Å². The summed E-state index contributed by atoms with van der Waals surface area (Å²) in [7, 11) is 1.66. The van der Waals surface area contributed by atoms with E-state index in [-0.39, 0.29) is 18.0 Å². The van der Waals surface area contributed by atoms with E-state index in [0.29, 0.717) is 6.42 Å². The van der Waals surface area contributed by atoms with E-state index in [2.05, 4.69) is 64.6 Å². The number of amides is 1. The van der Waals surface area contributed by atoms with Gasteiger partial charge in [0.05, 0.1) is 17.8 Å². The van der Waals surface area contributed by atoms with E-state index in [1.54, 1.807) is 13.2 Å². The van der Waals surface area contributed by atoms with Gasteiger partial charge in [0.1, 0.15) is 0 Å². The molecule has 2 aromatic heterocycles. The monoisotopic (exact) mass is 462 g/mol. The number of aromatic amines is 1. The number of benzene rings is 1. The van der Waals surface area contributed by atoms with Crippen molar-refractivity contribution in [1.29, 1.82) is 0 Å². The summed E-state index contributed by atoms with van der Waals surface area (Å²) in [6.07, 6.45) is 2.41. The maximum absolute atomic E-state index is 12.3. The molecule has 1 aromatic carbocycles. The van der Waals surface area contributed by atoms with Gasteiger partial charge in [-0.3, -0.25) is 15.1 Å². The molecule has 0 aliphatic carbocycles. The Morgan fingerprint density at radius 3 is 2.88 bits per heavy atom. The molecule has 7 heteroatoms. The van der Waals surface area contributed by atoms with Gasteiger partial charge in [-0.05, 0) is 56.0 Å². The van der Waals surface area contributed by atoms with Crippen molar-refractivity contribution in [2.24, 2.45) is 0 Å². The molecule has 0 fully saturated rings. The smallest absolute Gasteiger partial charge is 0.237 e. The molecule has 3 N–H and O–H groups in total. The minimum Gasteiger partial charge on any atom is -0.358 e. The first kappa shape index (κ1) is 16.8. The van der Waals surface area contributed by atoms with Crippen LogP contribution in [0.15, 0.2) is 45.5 Å². The van der Waals surface area contributed by atoms with Crippen LogP contribution in [-0.4, -0.2) is 29.0 Å². The molecule has 1 aliphatic heterocycles. The third-order valence-electron chi connectivity index (χ3n) is 4.58. The number of para-hydroxylation sites is 1. The normalized spacial score (nSPS) is 19.6. The second-order valence-corrected chi connectivity index (χ2v) is 7.82. The summed E-state index contributed by atoms with van der Waals surface area (Å²) in [6.45, 7) is 0. The third kappa shape index (κ3) is 2.90. The molecule has 0 spiro atoms. The highest BCUT2D eigenvalue weighted by Crippen LogP contribution is 2.37. The average molecular weight is 464 g/mol. The SMILES string of the molecule is CNC(=O)[C@@H]1Cc2c([nH]c3ccccc23)[C@H](c2ncc(Br)cc2Br)N1. The molecule has 3 heterocycles. The van der Waals surface area contributed by atoms with E-state index >= 15 is 0 Å². The fourth-order valence-corrected chi connectivity index (χ4v) is 4.65. The predicted molar refractivity (Wildman–Crippen MR) is 104 cm³/mol. The summed E-state index contributed by atoms with van der Waals surface area (Å²) in [5, 5.41) is 7.36. The second-order valence-electron chi connectivity index (χ2n) is 6.05. The number of halogens is 2. The summed E-state index contributed by atoms with van der Waals surface area (Å²) in [5.41, 5.74) is 4.16. The van der Waals surface area contributed by atoms with Gasteiger partial charge < -0.3 is 10.3 Å². The van der Waals surface area contributed by atoms with Gasteiger partial charge in [-0.1, -0.05) is 18.2 Å². The maximum atomic E-state index is 12.3. The largest absolute Gasteiger partial charge is 0.358 e. The number of H-pyrrole nitrogens is 1. The number of carbonyl (C=O) groups is 1. The van der Waals surface area contributed by atoms with Gasteiger partial charge in [-0.25, -0.2) is 0 Å². The Bertz CT molecular complexity index is 969. The number of carbonyl (C=O) groups excluding carboxylic acids is 1. The van der Waals surface area contributed by atoms with E-state index < -0.39 is 0 Å². The summed E-state index contributed by atoms with van der Waals surface area (Å²) in [4.78, 5) is 20.4. The lowest BCUT2D eigenvalue weighted by Gasteiger charge is -2.30. The van der Waals surface area contributed by atoms with Crippen LogP contribution >= 0.6 is 31.9 Å². The first-order chi connectivity index (χ1) is 12.1. The van der Waals surface area contributed by atoms with Crippen LogP contribution in [0.1, 0.15) is 23.0 Å². The van der Waals surface area contributed by atoms with Gasteiger partial charge in [0, 0.05) is 38.8 Å². The Kier molecular flexibility index (Phi) is 4.39. The van der Waals surface area contributed by atoms with E-state index in [1.807, 2.05) is 18.2 Å². The van der Waals surface area contributed by atoms with E-state index in [1.165, 1.54) is 5.56 Å². The zero-order valence-electron chi connectivity index (χ0n) is 13.4. The Morgan fingerprint density at radius 2 is 2.12 bits per heavy atom. The molecule has 128 valence electrons. The standard InChI is InChI=1S/C18H16Br2N4O/c1-21-18(25)14-7-11-10-4-2-3-5-13(10)23-15(11)17(24-14)16-12(20)6-9(19)8-22-16/h2-6,8,14,17,23-24H,7H2,1H3,(H,21,25)/t14-,17+/m0/s1. The summed E-state index contributed by atoms with van der Waals surface area (Å²) in [5.74, 6) is -0.0193. The highest BCUT2D eigenvalue weighted by Gasteiger charge is 2.35. The molecule has 25 heavy (non-hydrogen) atoms. The van der Waals surface area contributed by atoms with Crippen LogP contribution in [0.5, 0.6) is 0 Å². The molecule has 5 nitrogen and oxygen atoms in total. The first-order valence-corrected chi connectivity index (χ1v) is 9.55. The summed E-state index contributed by atoms with van der Waals surface area (Å²) >= 11 is 7.05. The maximum Gasteiger partial charge on any atom is 0.237 e. The number of aromatic nitrogens is 2. The molecule has 0 saturated heterocycles. The average Bonchev–Trinajstić information content (AvgIpc) is 2.99. The van der Waals surface area contributed by atoms with Crippen molar-refractivity contribution >= 4 is 48.7 Å². The number of likely N-dealkylation sites (N-methyl/N-ethyl adjacent to an activating group) is 1. The molecule has 1 aliphatic rings. The number of fused-ring (bicyclic) bond motifs is 3. The number of rotatable bonds is 2. The molecule has 0 saturated carbocycles. The fraction of sp³-hybridized carbons (Fsp3) is 0.222. The van der Waals surface area contributed by atoms with Gasteiger partial charge >= 0.3 is 0 Å². The van der Waals surface area contributed by atoms with Crippen LogP contribution in [0.3, 0.4) is 0 Å². The van der Waals surface area contributed by atoms with E-state index in [4.69, 9.17) is 0 Å². The molecule has 4 rings (SSSR count). The second kappa shape index (κ2) is 6.55. The number of nitrogens with one attached hydrogen (secondary N) is 3. The minimum absolute atomic E-state index is 0.0193. The molecule has 2 atom stereocenters.